The molecule has 5 rings (SSSR count). The molecule has 50 heavy (non-hydrogen) atoms. The van der Waals surface area contributed by atoms with Crippen LogP contribution in [0, 0.1) is 11.8 Å². The van der Waals surface area contributed by atoms with Crippen LogP contribution in [0.15, 0.2) is 121 Å². The molecule has 4 N–H and O–H groups in total. The zero-order valence-corrected chi connectivity index (χ0v) is 31.7. The van der Waals surface area contributed by atoms with Crippen LogP contribution in [0.25, 0.3) is 0 Å². The third kappa shape index (κ3) is 17.0. The third-order valence-electron chi connectivity index (χ3n) is 8.08. The number of nitrogens with one attached hydrogen (secondary N) is 2. The van der Waals surface area contributed by atoms with E-state index in [2.05, 4.69) is 125 Å². The van der Waals surface area contributed by atoms with E-state index in [1.165, 1.54) is 22.3 Å². The zero-order chi connectivity index (χ0) is 35.8. The maximum atomic E-state index is 11.6. The number of halogens is 2. The van der Waals surface area contributed by atoms with Gasteiger partial charge in [-0.15, -0.1) is 0 Å². The third-order valence-corrected chi connectivity index (χ3v) is 9.64. The van der Waals surface area contributed by atoms with Crippen LogP contribution in [-0.4, -0.2) is 81.9 Å². The highest BCUT2D eigenvalue weighted by Crippen LogP contribution is 2.16. The Labute approximate surface area is 314 Å². The highest BCUT2D eigenvalue weighted by atomic mass is 79.9. The maximum Gasteiger partial charge on any atom is 0.309 e. The molecule has 1 saturated heterocycles. The molecule has 0 aromatic heterocycles. The van der Waals surface area contributed by atoms with Gasteiger partial charge in [0.05, 0.1) is 11.8 Å². The smallest absolute Gasteiger partial charge is 0.309 e. The van der Waals surface area contributed by atoms with E-state index in [-0.39, 0.29) is 11.8 Å². The van der Waals surface area contributed by atoms with Gasteiger partial charge in [-0.1, -0.05) is 153 Å². The van der Waals surface area contributed by atoms with Crippen LogP contribution in [0.3, 0.4) is 0 Å². The minimum absolute atomic E-state index is 0.296. The summed E-state index contributed by atoms with van der Waals surface area (Å²) in [6, 6.07) is 41.5. The first-order valence-corrected chi connectivity index (χ1v) is 19.2. The lowest BCUT2D eigenvalue weighted by Crippen LogP contribution is -2.34. The summed E-state index contributed by atoms with van der Waals surface area (Å²) in [7, 11) is 0. The molecule has 4 aromatic carbocycles. The van der Waals surface area contributed by atoms with Crippen molar-refractivity contribution in [3.63, 3.8) is 0 Å². The molecule has 1 fully saturated rings. The highest BCUT2D eigenvalue weighted by molar-refractivity contribution is 9.09. The summed E-state index contributed by atoms with van der Waals surface area (Å²) in [5, 5.41) is 25.8. The van der Waals surface area contributed by atoms with Crippen molar-refractivity contribution in [3.05, 3.63) is 144 Å². The number of nitrogens with zero attached hydrogens (tertiary/aromatic N) is 2. The van der Waals surface area contributed by atoms with E-state index < -0.39 is 11.9 Å². The Hall–Kier alpha value is -3.38. The summed E-state index contributed by atoms with van der Waals surface area (Å²) >= 11 is 6.13. The van der Waals surface area contributed by atoms with Gasteiger partial charge in [0.1, 0.15) is 0 Å². The molecular formula is C40H50Br2N4O4. The van der Waals surface area contributed by atoms with Gasteiger partial charge in [-0.25, -0.2) is 0 Å². The molecule has 0 atom stereocenters. The number of carbonyl (C=O) groups is 2. The van der Waals surface area contributed by atoms with E-state index in [1.54, 1.807) is 0 Å². The summed E-state index contributed by atoms with van der Waals surface area (Å²) in [5.74, 6) is -2.11. The Morgan fingerprint density at radius 2 is 0.940 bits per heavy atom. The van der Waals surface area contributed by atoms with Crippen molar-refractivity contribution < 1.29 is 19.8 Å². The van der Waals surface area contributed by atoms with Crippen LogP contribution in [0.2, 0.25) is 0 Å². The zero-order valence-electron chi connectivity index (χ0n) is 28.5. The number of benzene rings is 4. The van der Waals surface area contributed by atoms with Gasteiger partial charge in [0.15, 0.2) is 0 Å². The molecule has 0 bridgehead atoms. The molecule has 1 aliphatic rings. The Balaban J connectivity index is 0.000000229. The first-order valence-electron chi connectivity index (χ1n) is 17.0. The minimum Gasteiger partial charge on any atom is -0.481 e. The molecule has 1 heterocycles. The Bertz CT molecular complexity index is 1370. The average Bonchev–Trinajstić information content (AvgIpc) is 3.34. The summed E-state index contributed by atoms with van der Waals surface area (Å²) < 4.78 is 0. The van der Waals surface area contributed by atoms with Gasteiger partial charge in [-0.05, 0) is 22.3 Å². The number of aliphatic carboxylic acids is 2. The second-order valence-electron chi connectivity index (χ2n) is 12.1. The molecular weight excluding hydrogens is 760 g/mol. The lowest BCUT2D eigenvalue weighted by Gasteiger charge is -2.21. The fourth-order valence-corrected chi connectivity index (χ4v) is 6.91. The van der Waals surface area contributed by atoms with E-state index in [0.29, 0.717) is 23.7 Å². The number of rotatable bonds is 15. The first-order chi connectivity index (χ1) is 24.4. The fourth-order valence-electron chi connectivity index (χ4n) is 5.28. The summed E-state index contributed by atoms with van der Waals surface area (Å²) in [5.41, 5.74) is 5.14. The highest BCUT2D eigenvalue weighted by Gasteiger charge is 2.27. The van der Waals surface area contributed by atoms with Gasteiger partial charge in [-0.3, -0.25) is 19.4 Å². The topological polar surface area (TPSA) is 105 Å². The minimum atomic E-state index is -0.765. The molecule has 0 radical (unpaired) electrons. The number of alkyl halides is 2. The quantitative estimate of drug-likeness (QED) is 0.0774. The summed E-state index contributed by atoms with van der Waals surface area (Å²) in [6.45, 7) is 8.47. The van der Waals surface area contributed by atoms with Gasteiger partial charge in [0.25, 0.3) is 0 Å². The lowest BCUT2D eigenvalue weighted by atomic mass is 10.1. The number of carboxylic acids is 2. The van der Waals surface area contributed by atoms with Crippen molar-refractivity contribution >= 4 is 43.8 Å². The van der Waals surface area contributed by atoms with E-state index in [1.807, 2.05) is 48.5 Å². The number of hydrogen-bond donors (Lipinski definition) is 4. The van der Waals surface area contributed by atoms with Gasteiger partial charge in [-0.2, -0.15) is 0 Å². The maximum absolute atomic E-state index is 11.6. The largest absolute Gasteiger partial charge is 0.481 e. The van der Waals surface area contributed by atoms with E-state index >= 15 is 0 Å². The number of hydrogen-bond acceptors (Lipinski definition) is 6. The van der Waals surface area contributed by atoms with Crippen LogP contribution in [0.4, 0.5) is 0 Å². The molecule has 0 aliphatic carbocycles. The van der Waals surface area contributed by atoms with Crippen LogP contribution < -0.4 is 10.6 Å². The predicted octanol–water partition coefficient (Wildman–Crippen LogP) is 6.75. The number of carboxylic acid groups (broad SMARTS) is 2. The molecule has 0 unspecified atom stereocenters. The second kappa shape index (κ2) is 24.7. The summed E-state index contributed by atoms with van der Waals surface area (Å²) in [6.07, 6.45) is 0. The van der Waals surface area contributed by atoms with E-state index in [9.17, 15) is 14.7 Å². The lowest BCUT2D eigenvalue weighted by molar-refractivity contribution is -0.143. The molecule has 268 valence electrons. The predicted molar refractivity (Wildman–Crippen MR) is 210 cm³/mol. The van der Waals surface area contributed by atoms with Gasteiger partial charge < -0.3 is 20.8 Å². The molecule has 8 nitrogen and oxygen atoms in total. The monoisotopic (exact) mass is 808 g/mol. The van der Waals surface area contributed by atoms with Crippen molar-refractivity contribution in [2.45, 2.75) is 26.2 Å². The van der Waals surface area contributed by atoms with Crippen molar-refractivity contribution in [1.29, 1.82) is 0 Å². The van der Waals surface area contributed by atoms with Gasteiger partial charge >= 0.3 is 11.9 Å². The molecule has 1 aliphatic heterocycles. The molecule has 0 amide bonds. The Morgan fingerprint density at radius 1 is 0.600 bits per heavy atom. The van der Waals surface area contributed by atoms with Crippen LogP contribution >= 0.6 is 31.9 Å². The molecule has 10 heteroatoms. The van der Waals surface area contributed by atoms with E-state index in [4.69, 9.17) is 5.11 Å². The van der Waals surface area contributed by atoms with Crippen LogP contribution in [0.1, 0.15) is 22.3 Å². The molecule has 0 spiro atoms. The van der Waals surface area contributed by atoms with Crippen molar-refractivity contribution in [2.24, 2.45) is 11.8 Å². The SMILES string of the molecule is O=C(O)C(CBr)CBr.O=C(O)C1CN(Cc2ccccc2)CCN(Cc2ccccc2)C1.c1ccc(CNCCNCc2ccccc2)cc1. The van der Waals surface area contributed by atoms with Gasteiger partial charge in [0, 0.05) is 76.1 Å². The van der Waals surface area contributed by atoms with Gasteiger partial charge in [0.2, 0.25) is 0 Å². The Kier molecular flexibility index (Phi) is 20.3. The van der Waals surface area contributed by atoms with Crippen molar-refractivity contribution in [3.8, 4) is 0 Å². The Morgan fingerprint density at radius 3 is 1.22 bits per heavy atom. The van der Waals surface area contributed by atoms with Crippen molar-refractivity contribution in [2.75, 3.05) is 49.9 Å². The second-order valence-corrected chi connectivity index (χ2v) is 13.4. The van der Waals surface area contributed by atoms with E-state index in [0.717, 1.165) is 52.4 Å². The molecule has 4 aromatic rings. The van der Waals surface area contributed by atoms with Crippen molar-refractivity contribution in [1.82, 2.24) is 20.4 Å². The van der Waals surface area contributed by atoms with Crippen LogP contribution in [0.5, 0.6) is 0 Å². The molecule has 0 saturated carbocycles. The fraction of sp³-hybridized carbons (Fsp3) is 0.350. The van der Waals surface area contributed by atoms with Crippen LogP contribution in [-0.2, 0) is 35.8 Å². The normalized spacial score (nSPS) is 13.7. The first kappa shape index (κ1) is 41.0. The standard InChI is InChI=1S/C20H24N2O2.C16H20N2.C4H6Br2O2/c23-20(24)19-15-21(13-17-7-3-1-4-8-17)11-12-22(16-19)14-18-9-5-2-6-10-18;1-3-7-15(8-4-1)13-17-11-12-18-14-16-9-5-2-6-10-16;5-1-3(2-6)4(7)8/h1-10,19H,11-16H2,(H,23,24);1-10,17-18H,11-14H2;3H,1-2H2,(H,7,8). The summed E-state index contributed by atoms with van der Waals surface area (Å²) in [4.78, 5) is 26.3. The average molecular weight is 811 g/mol.